The number of aromatic nitrogens is 1. The van der Waals surface area contributed by atoms with Crippen molar-refractivity contribution in [1.29, 1.82) is 0 Å². The Morgan fingerprint density at radius 3 is 2.75 bits per heavy atom. The number of hydrogen-bond acceptors (Lipinski definition) is 2. The molecule has 4 nitrogen and oxygen atoms in total. The predicted molar refractivity (Wildman–Crippen MR) is 66.2 cm³/mol. The van der Waals surface area contributed by atoms with E-state index in [9.17, 15) is 4.79 Å². The minimum atomic E-state index is -0.0528. The van der Waals surface area contributed by atoms with Crippen molar-refractivity contribution in [2.24, 2.45) is 13.0 Å². The zero-order valence-electron chi connectivity index (χ0n) is 10.3. The average molecular weight is 223 g/mol. The van der Waals surface area contributed by atoms with Gasteiger partial charge in [0.15, 0.2) is 0 Å². The van der Waals surface area contributed by atoms with Crippen LogP contribution in [0.3, 0.4) is 0 Å². The first-order valence-electron chi connectivity index (χ1n) is 5.70. The summed E-state index contributed by atoms with van der Waals surface area (Å²) in [7, 11) is 1.82. The fourth-order valence-electron chi connectivity index (χ4n) is 1.62. The largest absolute Gasteiger partial charge is 0.397 e. The summed E-state index contributed by atoms with van der Waals surface area (Å²) in [6.45, 7) is 5.08. The van der Waals surface area contributed by atoms with Gasteiger partial charge in [-0.3, -0.25) is 4.79 Å². The minimum Gasteiger partial charge on any atom is -0.397 e. The summed E-state index contributed by atoms with van der Waals surface area (Å²) in [4.78, 5) is 11.7. The lowest BCUT2D eigenvalue weighted by atomic mass is 10.1. The maximum absolute atomic E-state index is 11.7. The lowest BCUT2D eigenvalue weighted by Crippen LogP contribution is -2.26. The molecule has 0 aliphatic rings. The summed E-state index contributed by atoms with van der Waals surface area (Å²) in [6.07, 6.45) is 3.89. The monoisotopic (exact) mass is 223 g/mol. The quantitative estimate of drug-likeness (QED) is 0.747. The zero-order chi connectivity index (χ0) is 12.1. The highest BCUT2D eigenvalue weighted by Crippen LogP contribution is 2.08. The van der Waals surface area contributed by atoms with E-state index >= 15 is 0 Å². The number of nitrogens with one attached hydrogen (secondary N) is 1. The van der Waals surface area contributed by atoms with E-state index in [2.05, 4.69) is 19.2 Å². The smallest absolute Gasteiger partial charge is 0.267 e. The first-order chi connectivity index (χ1) is 7.50. The maximum atomic E-state index is 11.7. The molecule has 0 aromatic carbocycles. The second kappa shape index (κ2) is 5.58. The third-order valence-electron chi connectivity index (χ3n) is 2.50. The summed E-state index contributed by atoms with van der Waals surface area (Å²) >= 11 is 0. The molecule has 1 aromatic heterocycles. The van der Waals surface area contributed by atoms with Crippen molar-refractivity contribution in [1.82, 2.24) is 9.88 Å². The molecular weight excluding hydrogens is 202 g/mol. The van der Waals surface area contributed by atoms with Gasteiger partial charge in [-0.15, -0.1) is 0 Å². The van der Waals surface area contributed by atoms with Crippen LogP contribution in [0.1, 0.15) is 37.2 Å². The second-order valence-electron chi connectivity index (χ2n) is 4.56. The summed E-state index contributed by atoms with van der Waals surface area (Å²) in [5.41, 5.74) is 6.84. The maximum Gasteiger partial charge on any atom is 0.267 e. The summed E-state index contributed by atoms with van der Waals surface area (Å²) in [5.74, 6) is 0.630. The van der Waals surface area contributed by atoms with Gasteiger partial charge in [-0.2, -0.15) is 0 Å². The van der Waals surface area contributed by atoms with Crippen molar-refractivity contribution in [3.05, 3.63) is 18.0 Å². The molecule has 90 valence electrons. The first kappa shape index (κ1) is 12.6. The molecule has 1 heterocycles. The molecule has 16 heavy (non-hydrogen) atoms. The third kappa shape index (κ3) is 3.61. The molecule has 0 bridgehead atoms. The number of hydrogen-bond donors (Lipinski definition) is 2. The second-order valence-corrected chi connectivity index (χ2v) is 4.56. The minimum absolute atomic E-state index is 0.0528. The fourth-order valence-corrected chi connectivity index (χ4v) is 1.62. The van der Waals surface area contributed by atoms with Crippen LogP contribution in [-0.2, 0) is 7.05 Å². The van der Waals surface area contributed by atoms with Crippen molar-refractivity contribution < 1.29 is 4.79 Å². The Hall–Kier alpha value is -1.45. The van der Waals surface area contributed by atoms with Gasteiger partial charge in [-0.25, -0.2) is 0 Å². The van der Waals surface area contributed by atoms with Crippen LogP contribution in [0.5, 0.6) is 0 Å². The molecule has 0 atom stereocenters. The summed E-state index contributed by atoms with van der Waals surface area (Å²) in [6, 6.07) is 1.69. The lowest BCUT2D eigenvalue weighted by Gasteiger charge is -2.07. The standard InChI is InChI=1S/C12H21N3O/c1-9(2)5-4-6-14-12(16)11-7-10(13)8-15(11)3/h7-9H,4-6,13H2,1-3H3,(H,14,16). The number of aryl methyl sites for hydroxylation is 1. The lowest BCUT2D eigenvalue weighted by molar-refractivity contribution is 0.0944. The molecule has 1 rings (SSSR count). The van der Waals surface area contributed by atoms with Crippen LogP contribution in [0.2, 0.25) is 0 Å². The Morgan fingerprint density at radius 2 is 2.25 bits per heavy atom. The van der Waals surface area contributed by atoms with E-state index in [0.717, 1.165) is 19.4 Å². The predicted octanol–water partition coefficient (Wildman–Crippen LogP) is 1.77. The molecule has 0 fully saturated rings. The Labute approximate surface area is 96.8 Å². The van der Waals surface area contributed by atoms with Gasteiger partial charge < -0.3 is 15.6 Å². The van der Waals surface area contributed by atoms with Crippen LogP contribution in [-0.4, -0.2) is 17.0 Å². The number of carbonyl (C=O) groups is 1. The normalized spacial score (nSPS) is 10.8. The van der Waals surface area contributed by atoms with Crippen molar-refractivity contribution >= 4 is 11.6 Å². The Balaban J connectivity index is 2.38. The average Bonchev–Trinajstić information content (AvgIpc) is 2.52. The third-order valence-corrected chi connectivity index (χ3v) is 2.50. The van der Waals surface area contributed by atoms with Gasteiger partial charge in [0.25, 0.3) is 5.91 Å². The number of amides is 1. The number of rotatable bonds is 5. The number of nitrogens with two attached hydrogens (primary N) is 1. The molecule has 0 unspecified atom stereocenters. The molecule has 0 aliphatic heterocycles. The van der Waals surface area contributed by atoms with Crippen molar-refractivity contribution in [2.75, 3.05) is 12.3 Å². The number of nitrogen functional groups attached to an aromatic ring is 1. The highest BCUT2D eigenvalue weighted by atomic mass is 16.1. The first-order valence-corrected chi connectivity index (χ1v) is 5.70. The molecular formula is C12H21N3O. The van der Waals surface area contributed by atoms with Gasteiger partial charge in [0, 0.05) is 19.8 Å². The molecule has 1 aromatic rings. The Kier molecular flexibility index (Phi) is 4.40. The zero-order valence-corrected chi connectivity index (χ0v) is 10.3. The molecule has 1 amide bonds. The molecule has 0 saturated heterocycles. The van der Waals surface area contributed by atoms with E-state index in [1.165, 1.54) is 0 Å². The highest BCUT2D eigenvalue weighted by molar-refractivity contribution is 5.93. The molecule has 4 heteroatoms. The van der Waals surface area contributed by atoms with Crippen LogP contribution in [0.4, 0.5) is 5.69 Å². The van der Waals surface area contributed by atoms with Gasteiger partial charge in [-0.05, 0) is 24.8 Å². The number of anilines is 1. The molecule has 0 spiro atoms. The van der Waals surface area contributed by atoms with E-state index in [0.29, 0.717) is 17.3 Å². The van der Waals surface area contributed by atoms with E-state index in [-0.39, 0.29) is 5.91 Å². The number of carbonyl (C=O) groups excluding carboxylic acids is 1. The van der Waals surface area contributed by atoms with E-state index in [1.807, 2.05) is 7.05 Å². The fraction of sp³-hybridized carbons (Fsp3) is 0.583. The van der Waals surface area contributed by atoms with Crippen molar-refractivity contribution in [3.63, 3.8) is 0 Å². The summed E-state index contributed by atoms with van der Waals surface area (Å²) in [5, 5.41) is 2.89. The molecule has 0 saturated carbocycles. The number of nitrogens with zero attached hydrogens (tertiary/aromatic N) is 1. The molecule has 0 radical (unpaired) electrons. The van der Waals surface area contributed by atoms with Gasteiger partial charge in [-0.1, -0.05) is 13.8 Å². The molecule has 3 N–H and O–H groups in total. The van der Waals surface area contributed by atoms with Gasteiger partial charge in [0.2, 0.25) is 0 Å². The van der Waals surface area contributed by atoms with E-state index in [4.69, 9.17) is 5.73 Å². The van der Waals surface area contributed by atoms with Crippen molar-refractivity contribution in [3.8, 4) is 0 Å². The Morgan fingerprint density at radius 1 is 1.56 bits per heavy atom. The van der Waals surface area contributed by atoms with E-state index in [1.54, 1.807) is 16.8 Å². The van der Waals surface area contributed by atoms with Crippen LogP contribution < -0.4 is 11.1 Å². The van der Waals surface area contributed by atoms with Crippen LogP contribution in [0.15, 0.2) is 12.3 Å². The van der Waals surface area contributed by atoms with Crippen LogP contribution in [0.25, 0.3) is 0 Å². The van der Waals surface area contributed by atoms with Crippen LogP contribution in [0, 0.1) is 5.92 Å². The van der Waals surface area contributed by atoms with Gasteiger partial charge in [0.1, 0.15) is 5.69 Å². The molecule has 0 aliphatic carbocycles. The highest BCUT2D eigenvalue weighted by Gasteiger charge is 2.09. The van der Waals surface area contributed by atoms with Crippen molar-refractivity contribution in [2.45, 2.75) is 26.7 Å². The van der Waals surface area contributed by atoms with E-state index < -0.39 is 0 Å². The topological polar surface area (TPSA) is 60.1 Å². The SMILES string of the molecule is CC(C)CCCNC(=O)c1cc(N)cn1C. The summed E-state index contributed by atoms with van der Waals surface area (Å²) < 4.78 is 1.74. The van der Waals surface area contributed by atoms with Gasteiger partial charge in [0.05, 0.1) is 5.69 Å². The van der Waals surface area contributed by atoms with Gasteiger partial charge >= 0.3 is 0 Å². The van der Waals surface area contributed by atoms with Crippen LogP contribution >= 0.6 is 0 Å². The Bertz CT molecular complexity index is 355.